The largest absolute Gasteiger partial charge is 0.363 e. The summed E-state index contributed by atoms with van der Waals surface area (Å²) in [5.74, 6) is 0. The van der Waals surface area contributed by atoms with Gasteiger partial charge in [0.05, 0.1) is 0 Å². The molecule has 4 heteroatoms. The molecule has 0 spiro atoms. The van der Waals surface area contributed by atoms with E-state index in [1.807, 2.05) is 6.20 Å². The van der Waals surface area contributed by atoms with Gasteiger partial charge in [-0.2, -0.15) is 0 Å². The van der Waals surface area contributed by atoms with Crippen molar-refractivity contribution in [2.75, 3.05) is 6.54 Å². The summed E-state index contributed by atoms with van der Waals surface area (Å²) < 4.78 is 1.08. The Hall–Kier alpha value is -0.320. The first-order valence-electron chi connectivity index (χ1n) is 3.98. The summed E-state index contributed by atoms with van der Waals surface area (Å²) in [7, 11) is 0. The van der Waals surface area contributed by atoms with E-state index >= 15 is 0 Å². The average Bonchev–Trinajstić information content (AvgIpc) is 2.47. The van der Waals surface area contributed by atoms with Crippen LogP contribution in [0.15, 0.2) is 16.7 Å². The molecule has 0 fully saturated rings. The SMILES string of the molecule is C[C@@H](CN)NCc1cc(Br)c[nH]1. The summed E-state index contributed by atoms with van der Waals surface area (Å²) in [6.07, 6.45) is 1.92. The summed E-state index contributed by atoms with van der Waals surface area (Å²) in [6, 6.07) is 2.42. The van der Waals surface area contributed by atoms with Crippen LogP contribution in [0.25, 0.3) is 0 Å². The Labute approximate surface area is 80.9 Å². The van der Waals surface area contributed by atoms with E-state index in [2.05, 4.69) is 39.2 Å². The maximum absolute atomic E-state index is 5.46. The van der Waals surface area contributed by atoms with E-state index in [4.69, 9.17) is 5.73 Å². The van der Waals surface area contributed by atoms with Crippen molar-refractivity contribution in [1.82, 2.24) is 10.3 Å². The molecule has 0 bridgehead atoms. The molecule has 0 amide bonds. The van der Waals surface area contributed by atoms with Crippen LogP contribution >= 0.6 is 15.9 Å². The maximum atomic E-state index is 5.46. The number of H-pyrrole nitrogens is 1. The summed E-state index contributed by atoms with van der Waals surface area (Å²) >= 11 is 3.37. The maximum Gasteiger partial charge on any atom is 0.0360 e. The standard InChI is InChI=1S/C8H14BrN3/c1-6(3-10)11-5-8-2-7(9)4-12-8/h2,4,6,11-12H,3,5,10H2,1H3/t6-/m0/s1. The van der Waals surface area contributed by atoms with Gasteiger partial charge in [0, 0.05) is 35.5 Å². The third-order valence-electron chi connectivity index (χ3n) is 1.70. The van der Waals surface area contributed by atoms with Crippen LogP contribution in [0.3, 0.4) is 0 Å². The second-order valence-corrected chi connectivity index (χ2v) is 3.78. The highest BCUT2D eigenvalue weighted by molar-refractivity contribution is 9.10. The van der Waals surface area contributed by atoms with Gasteiger partial charge in [-0.1, -0.05) is 0 Å². The van der Waals surface area contributed by atoms with Crippen molar-refractivity contribution in [3.63, 3.8) is 0 Å². The minimum atomic E-state index is 0.368. The molecule has 1 atom stereocenters. The quantitative estimate of drug-likeness (QED) is 0.730. The van der Waals surface area contributed by atoms with Gasteiger partial charge in [-0.25, -0.2) is 0 Å². The van der Waals surface area contributed by atoms with E-state index in [0.717, 1.165) is 11.0 Å². The van der Waals surface area contributed by atoms with Crippen LogP contribution in [0.2, 0.25) is 0 Å². The number of nitrogens with two attached hydrogens (primary N) is 1. The molecular formula is C8H14BrN3. The lowest BCUT2D eigenvalue weighted by molar-refractivity contribution is 0.552. The molecule has 0 saturated carbocycles. The lowest BCUT2D eigenvalue weighted by Gasteiger charge is -2.09. The van der Waals surface area contributed by atoms with Crippen LogP contribution in [0.5, 0.6) is 0 Å². The highest BCUT2D eigenvalue weighted by Crippen LogP contribution is 2.10. The number of hydrogen-bond donors (Lipinski definition) is 3. The van der Waals surface area contributed by atoms with Crippen molar-refractivity contribution in [3.8, 4) is 0 Å². The van der Waals surface area contributed by atoms with E-state index < -0.39 is 0 Å². The van der Waals surface area contributed by atoms with Gasteiger partial charge in [0.1, 0.15) is 0 Å². The second-order valence-electron chi connectivity index (χ2n) is 2.86. The van der Waals surface area contributed by atoms with Crippen LogP contribution in [-0.4, -0.2) is 17.6 Å². The average molecular weight is 232 g/mol. The van der Waals surface area contributed by atoms with Gasteiger partial charge in [0.15, 0.2) is 0 Å². The smallest absolute Gasteiger partial charge is 0.0360 e. The van der Waals surface area contributed by atoms with Crippen molar-refractivity contribution in [3.05, 3.63) is 22.4 Å². The fourth-order valence-electron chi connectivity index (χ4n) is 0.881. The normalized spacial score (nSPS) is 13.2. The first-order valence-corrected chi connectivity index (χ1v) is 4.78. The lowest BCUT2D eigenvalue weighted by atomic mass is 10.3. The molecule has 1 heterocycles. The van der Waals surface area contributed by atoms with Crippen LogP contribution in [0.4, 0.5) is 0 Å². The van der Waals surface area contributed by atoms with Gasteiger partial charge in [0.25, 0.3) is 0 Å². The van der Waals surface area contributed by atoms with Gasteiger partial charge >= 0.3 is 0 Å². The third-order valence-corrected chi connectivity index (χ3v) is 2.16. The zero-order valence-electron chi connectivity index (χ0n) is 7.10. The van der Waals surface area contributed by atoms with Crippen LogP contribution < -0.4 is 11.1 Å². The van der Waals surface area contributed by atoms with Gasteiger partial charge in [0.2, 0.25) is 0 Å². The van der Waals surface area contributed by atoms with E-state index in [1.54, 1.807) is 0 Å². The first-order chi connectivity index (χ1) is 5.72. The highest BCUT2D eigenvalue weighted by atomic mass is 79.9. The summed E-state index contributed by atoms with van der Waals surface area (Å²) in [6.45, 7) is 3.57. The first kappa shape index (κ1) is 9.77. The molecule has 1 aromatic rings. The Morgan fingerprint density at radius 1 is 1.75 bits per heavy atom. The summed E-state index contributed by atoms with van der Waals surface area (Å²) in [5.41, 5.74) is 6.63. The molecule has 4 N–H and O–H groups in total. The fraction of sp³-hybridized carbons (Fsp3) is 0.500. The molecule has 0 aliphatic carbocycles. The predicted molar refractivity (Wildman–Crippen MR) is 53.8 cm³/mol. The van der Waals surface area contributed by atoms with Crippen molar-refractivity contribution in [1.29, 1.82) is 0 Å². The molecule has 0 aliphatic heterocycles. The minimum absolute atomic E-state index is 0.368. The molecule has 0 saturated heterocycles. The number of nitrogens with one attached hydrogen (secondary N) is 2. The monoisotopic (exact) mass is 231 g/mol. The number of hydrogen-bond acceptors (Lipinski definition) is 2. The molecule has 3 nitrogen and oxygen atoms in total. The molecule has 0 aliphatic rings. The summed E-state index contributed by atoms with van der Waals surface area (Å²) in [5, 5.41) is 3.28. The molecule has 1 rings (SSSR count). The Balaban J connectivity index is 2.33. The van der Waals surface area contributed by atoms with E-state index in [1.165, 1.54) is 5.69 Å². The van der Waals surface area contributed by atoms with Gasteiger partial charge < -0.3 is 16.0 Å². The Kier molecular flexibility index (Phi) is 3.78. The highest BCUT2D eigenvalue weighted by Gasteiger charge is 1.99. The molecule has 0 radical (unpaired) electrons. The Morgan fingerprint density at radius 3 is 3.00 bits per heavy atom. The van der Waals surface area contributed by atoms with Crippen molar-refractivity contribution >= 4 is 15.9 Å². The summed E-state index contributed by atoms with van der Waals surface area (Å²) in [4.78, 5) is 3.13. The van der Waals surface area contributed by atoms with Gasteiger partial charge in [-0.3, -0.25) is 0 Å². The molecule has 1 aromatic heterocycles. The molecular weight excluding hydrogens is 218 g/mol. The Bertz CT molecular complexity index is 234. The van der Waals surface area contributed by atoms with Crippen LogP contribution in [0.1, 0.15) is 12.6 Å². The van der Waals surface area contributed by atoms with E-state index in [-0.39, 0.29) is 0 Å². The molecule has 12 heavy (non-hydrogen) atoms. The van der Waals surface area contributed by atoms with Gasteiger partial charge in [-0.05, 0) is 28.9 Å². The number of aromatic nitrogens is 1. The van der Waals surface area contributed by atoms with Crippen molar-refractivity contribution in [2.24, 2.45) is 5.73 Å². The van der Waals surface area contributed by atoms with Gasteiger partial charge in [-0.15, -0.1) is 0 Å². The molecule has 68 valence electrons. The third kappa shape index (κ3) is 2.97. The fourth-order valence-corrected chi connectivity index (χ4v) is 1.27. The van der Waals surface area contributed by atoms with E-state index in [9.17, 15) is 0 Å². The lowest BCUT2D eigenvalue weighted by Crippen LogP contribution is -2.32. The van der Waals surface area contributed by atoms with Crippen LogP contribution in [-0.2, 0) is 6.54 Å². The predicted octanol–water partition coefficient (Wildman–Crippen LogP) is 1.21. The topological polar surface area (TPSA) is 53.8 Å². The van der Waals surface area contributed by atoms with Crippen LogP contribution in [0, 0.1) is 0 Å². The second kappa shape index (κ2) is 4.64. The van der Waals surface area contributed by atoms with Crippen molar-refractivity contribution < 1.29 is 0 Å². The number of aromatic amines is 1. The minimum Gasteiger partial charge on any atom is -0.363 e. The number of rotatable bonds is 4. The van der Waals surface area contributed by atoms with E-state index in [0.29, 0.717) is 12.6 Å². The number of halogens is 1. The zero-order chi connectivity index (χ0) is 8.97. The van der Waals surface area contributed by atoms with Crippen molar-refractivity contribution in [2.45, 2.75) is 19.5 Å². The zero-order valence-corrected chi connectivity index (χ0v) is 8.69. The molecule has 0 unspecified atom stereocenters. The Morgan fingerprint density at radius 2 is 2.50 bits per heavy atom. The molecule has 0 aromatic carbocycles.